The van der Waals surface area contributed by atoms with Gasteiger partial charge in [0.25, 0.3) is 0 Å². The molecule has 2 aromatic heterocycles. The zero-order valence-corrected chi connectivity index (χ0v) is 19.9. The number of aromatic nitrogens is 3. The average Bonchev–Trinajstić information content (AvgIpc) is 3.10. The molecule has 0 bridgehead atoms. The molecule has 0 radical (unpaired) electrons. The minimum atomic E-state index is -5.08. The third-order valence-corrected chi connectivity index (χ3v) is 4.94. The molecule has 35 heavy (non-hydrogen) atoms. The van der Waals surface area contributed by atoms with Crippen LogP contribution in [0.5, 0.6) is 0 Å². The van der Waals surface area contributed by atoms with Gasteiger partial charge in [-0.15, -0.1) is 0 Å². The van der Waals surface area contributed by atoms with Crippen LogP contribution in [-0.2, 0) is 23.7 Å². The summed E-state index contributed by atoms with van der Waals surface area (Å²) in [7, 11) is 1.86. The van der Waals surface area contributed by atoms with Crippen LogP contribution in [0.15, 0.2) is 42.7 Å². The number of alkyl halides is 3. The molecule has 11 heteroatoms. The van der Waals surface area contributed by atoms with Crippen molar-refractivity contribution in [3.63, 3.8) is 0 Å². The van der Waals surface area contributed by atoms with E-state index in [0.717, 1.165) is 34.6 Å². The molecule has 0 amide bonds. The number of anilines is 2. The first-order valence-corrected chi connectivity index (χ1v) is 10.6. The molecule has 3 N–H and O–H groups in total. The fourth-order valence-corrected chi connectivity index (χ4v) is 3.21. The number of nitrogens with zero attached hydrogens (tertiary/aromatic N) is 3. The van der Waals surface area contributed by atoms with Crippen LogP contribution in [0.3, 0.4) is 0 Å². The number of hydrogen-bond donors (Lipinski definition) is 3. The normalized spacial score (nSPS) is 11.4. The molecule has 2 heterocycles. The number of aliphatic carboxylic acids is 1. The highest BCUT2D eigenvalue weighted by Gasteiger charge is 2.38. The number of nitrogens with one attached hydrogen (secondary N) is 1. The Kier molecular flexibility index (Phi) is 8.27. The number of hydrogen-bond acceptors (Lipinski definition) is 5. The van der Waals surface area contributed by atoms with E-state index in [-0.39, 0.29) is 11.0 Å². The number of aryl methyl sites for hydroxylation is 2. The van der Waals surface area contributed by atoms with Crippen molar-refractivity contribution >= 4 is 23.4 Å². The molecule has 0 fully saturated rings. The maximum atomic E-state index is 11.8. The van der Waals surface area contributed by atoms with Gasteiger partial charge < -0.3 is 15.5 Å². The van der Waals surface area contributed by atoms with Gasteiger partial charge in [0.2, 0.25) is 0 Å². The molecular formula is C24H27F3N4O4. The smallest absolute Gasteiger partial charge is 0.478 e. The van der Waals surface area contributed by atoms with Crippen molar-refractivity contribution in [2.24, 2.45) is 7.05 Å². The van der Waals surface area contributed by atoms with Crippen molar-refractivity contribution in [2.75, 3.05) is 5.32 Å². The second kappa shape index (κ2) is 10.6. The topological polar surface area (TPSA) is 117 Å². The van der Waals surface area contributed by atoms with Crippen LogP contribution in [0.2, 0.25) is 0 Å². The Balaban J connectivity index is 0.000000540. The van der Waals surface area contributed by atoms with Crippen LogP contribution >= 0.6 is 0 Å². The minimum Gasteiger partial charge on any atom is -0.478 e. The van der Waals surface area contributed by atoms with Crippen molar-refractivity contribution < 1.29 is 33.0 Å². The van der Waals surface area contributed by atoms with E-state index >= 15 is 0 Å². The fourth-order valence-electron chi connectivity index (χ4n) is 3.21. The van der Waals surface area contributed by atoms with E-state index in [1.807, 2.05) is 38.2 Å². The summed E-state index contributed by atoms with van der Waals surface area (Å²) in [5, 5.41) is 24.9. The summed E-state index contributed by atoms with van der Waals surface area (Å²) in [6.45, 7) is 8.35. The minimum absolute atomic E-state index is 0.183. The van der Waals surface area contributed by atoms with Gasteiger partial charge in [-0.1, -0.05) is 33.8 Å². The summed E-state index contributed by atoms with van der Waals surface area (Å²) < 4.78 is 33.5. The van der Waals surface area contributed by atoms with Gasteiger partial charge in [0.15, 0.2) is 0 Å². The molecule has 0 saturated carbocycles. The van der Waals surface area contributed by atoms with E-state index in [1.165, 1.54) is 0 Å². The van der Waals surface area contributed by atoms with Gasteiger partial charge in [-0.2, -0.15) is 18.3 Å². The largest absolute Gasteiger partial charge is 0.490 e. The summed E-state index contributed by atoms with van der Waals surface area (Å²) in [4.78, 5) is 24.8. The van der Waals surface area contributed by atoms with Gasteiger partial charge in [0.05, 0.1) is 16.9 Å². The molecule has 0 saturated heterocycles. The molecule has 0 unspecified atom stereocenters. The van der Waals surface area contributed by atoms with Crippen LogP contribution in [0.25, 0.3) is 11.1 Å². The molecular weight excluding hydrogens is 465 g/mol. The number of aromatic carboxylic acids is 1. The summed E-state index contributed by atoms with van der Waals surface area (Å²) in [6.07, 6.45) is -0.808. The Labute approximate surface area is 200 Å². The van der Waals surface area contributed by atoms with Crippen molar-refractivity contribution in [3.8, 4) is 11.1 Å². The van der Waals surface area contributed by atoms with Crippen LogP contribution in [0.1, 0.15) is 49.3 Å². The van der Waals surface area contributed by atoms with Gasteiger partial charge in [0, 0.05) is 30.4 Å². The Morgan fingerprint density at radius 2 is 1.63 bits per heavy atom. The quantitative estimate of drug-likeness (QED) is 0.435. The molecule has 188 valence electrons. The predicted molar refractivity (Wildman–Crippen MR) is 125 cm³/mol. The van der Waals surface area contributed by atoms with Crippen molar-refractivity contribution in [2.45, 2.75) is 45.7 Å². The second-order valence-electron chi connectivity index (χ2n) is 8.65. The molecule has 0 aliphatic rings. The summed E-state index contributed by atoms with van der Waals surface area (Å²) in [5.41, 5.74) is 4.47. The van der Waals surface area contributed by atoms with E-state index < -0.39 is 18.1 Å². The van der Waals surface area contributed by atoms with Crippen molar-refractivity contribution in [1.29, 1.82) is 0 Å². The van der Waals surface area contributed by atoms with E-state index in [0.29, 0.717) is 5.69 Å². The molecule has 3 aromatic rings. The van der Waals surface area contributed by atoms with Gasteiger partial charge in [0.1, 0.15) is 5.82 Å². The lowest BCUT2D eigenvalue weighted by atomic mass is 9.87. The van der Waals surface area contributed by atoms with Gasteiger partial charge in [-0.25, -0.2) is 9.59 Å². The first kappa shape index (κ1) is 27.4. The zero-order chi connectivity index (χ0) is 26.6. The molecule has 8 nitrogen and oxygen atoms in total. The SMILES string of the molecule is CCc1ccc(Nc2c(-c3ccncc3)c(C(C)(C)C)nn2C)c(C(=O)O)c1.O=C(O)C(F)(F)F. The van der Waals surface area contributed by atoms with Gasteiger partial charge in [-0.05, 0) is 41.8 Å². The van der Waals surface area contributed by atoms with Crippen LogP contribution in [0, 0.1) is 0 Å². The number of rotatable bonds is 5. The number of carbonyl (C=O) groups is 2. The molecule has 0 aliphatic carbocycles. The van der Waals surface area contributed by atoms with Crippen molar-refractivity contribution in [1.82, 2.24) is 14.8 Å². The first-order chi connectivity index (χ1) is 16.2. The number of pyridine rings is 1. The lowest BCUT2D eigenvalue weighted by molar-refractivity contribution is -0.192. The number of benzene rings is 1. The molecule has 1 aromatic carbocycles. The zero-order valence-electron chi connectivity index (χ0n) is 19.9. The Bertz CT molecular complexity index is 1200. The van der Waals surface area contributed by atoms with Crippen molar-refractivity contribution in [3.05, 3.63) is 59.5 Å². The Morgan fingerprint density at radius 1 is 1.06 bits per heavy atom. The molecule has 3 rings (SSSR count). The second-order valence-corrected chi connectivity index (χ2v) is 8.65. The third kappa shape index (κ3) is 6.81. The summed E-state index contributed by atoms with van der Waals surface area (Å²) in [6, 6.07) is 9.37. The van der Waals surface area contributed by atoms with E-state index in [4.69, 9.17) is 15.0 Å². The predicted octanol–water partition coefficient (Wildman–Crippen LogP) is 5.42. The van der Waals surface area contributed by atoms with Crippen LogP contribution in [0.4, 0.5) is 24.7 Å². The highest BCUT2D eigenvalue weighted by Crippen LogP contribution is 2.39. The molecule has 0 spiro atoms. The highest BCUT2D eigenvalue weighted by molar-refractivity contribution is 5.96. The summed E-state index contributed by atoms with van der Waals surface area (Å²) in [5.74, 6) is -2.96. The molecule has 0 aliphatic heterocycles. The van der Waals surface area contributed by atoms with E-state index in [2.05, 4.69) is 31.1 Å². The number of halogens is 3. The lowest BCUT2D eigenvalue weighted by Gasteiger charge is -2.18. The van der Waals surface area contributed by atoms with Crippen LogP contribution < -0.4 is 5.32 Å². The standard InChI is InChI=1S/C22H26N4O2.C2HF3O2/c1-6-14-7-8-17(16(13-14)21(27)28)24-20-18(15-9-11-23-12-10-15)19(22(2,3)4)25-26(20)5;3-2(4,5)1(6)7/h7-13,24H,6H2,1-5H3,(H,27,28);(H,6,7). The highest BCUT2D eigenvalue weighted by atomic mass is 19.4. The Morgan fingerprint density at radius 3 is 2.09 bits per heavy atom. The lowest BCUT2D eigenvalue weighted by Crippen LogP contribution is -2.21. The maximum absolute atomic E-state index is 11.8. The molecule has 0 atom stereocenters. The third-order valence-electron chi connectivity index (χ3n) is 4.94. The van der Waals surface area contributed by atoms with Crippen LogP contribution in [-0.4, -0.2) is 43.1 Å². The van der Waals surface area contributed by atoms with E-state index in [9.17, 15) is 23.1 Å². The number of carboxylic acids is 2. The summed E-state index contributed by atoms with van der Waals surface area (Å²) >= 11 is 0. The average molecular weight is 492 g/mol. The van der Waals surface area contributed by atoms with E-state index in [1.54, 1.807) is 23.1 Å². The van der Waals surface area contributed by atoms with Gasteiger partial charge in [-0.3, -0.25) is 9.67 Å². The van der Waals surface area contributed by atoms with Gasteiger partial charge >= 0.3 is 18.1 Å². The monoisotopic (exact) mass is 492 g/mol. The first-order valence-electron chi connectivity index (χ1n) is 10.6. The maximum Gasteiger partial charge on any atom is 0.490 e. The number of carboxylic acid groups (broad SMARTS) is 2. The Hall–Kier alpha value is -3.89. The fraction of sp³-hybridized carbons (Fsp3) is 0.333.